The minimum atomic E-state index is -0.157. The van der Waals surface area contributed by atoms with Crippen molar-refractivity contribution in [1.29, 1.82) is 0 Å². The molecule has 166 valence electrons. The predicted molar refractivity (Wildman–Crippen MR) is 126 cm³/mol. The minimum Gasteiger partial charge on any atom is -0.365 e. The summed E-state index contributed by atoms with van der Waals surface area (Å²) < 4.78 is 8.63. The molecule has 2 aromatic carbocycles. The first kappa shape index (κ1) is 20.2. The average Bonchev–Trinajstić information content (AvgIpc) is 3.32. The SMILES string of the molecule is CN(C)C1Cc2cc(Cl)ccc2-n2c(nnc2N2CCC3(CC2)OCc2ccccc23)C1. The Kier molecular flexibility index (Phi) is 4.79. The first-order chi connectivity index (χ1) is 15.5. The number of likely N-dealkylation sites (N-methyl/N-ethyl adjacent to an activating group) is 1. The fraction of sp³-hybridized carbons (Fsp3) is 0.440. The third-order valence-electron chi connectivity index (χ3n) is 7.47. The van der Waals surface area contributed by atoms with Gasteiger partial charge in [-0.1, -0.05) is 35.9 Å². The van der Waals surface area contributed by atoms with Crippen LogP contribution in [0.4, 0.5) is 5.95 Å². The molecule has 0 saturated carbocycles. The van der Waals surface area contributed by atoms with E-state index in [9.17, 15) is 0 Å². The Bertz CT molecular complexity index is 1160. The number of hydrogen-bond donors (Lipinski definition) is 0. The van der Waals surface area contributed by atoms with Gasteiger partial charge in [0.2, 0.25) is 5.95 Å². The summed E-state index contributed by atoms with van der Waals surface area (Å²) >= 11 is 6.38. The van der Waals surface area contributed by atoms with E-state index in [1.807, 2.05) is 6.07 Å². The normalized spacial score (nSPS) is 21.4. The van der Waals surface area contributed by atoms with Crippen LogP contribution in [0.2, 0.25) is 5.02 Å². The maximum absolute atomic E-state index is 6.38. The van der Waals surface area contributed by atoms with Crippen molar-refractivity contribution in [2.24, 2.45) is 0 Å². The van der Waals surface area contributed by atoms with E-state index in [0.717, 1.165) is 67.9 Å². The highest BCUT2D eigenvalue weighted by Crippen LogP contribution is 2.45. The summed E-state index contributed by atoms with van der Waals surface area (Å²) in [6.45, 7) is 2.51. The number of fused-ring (bicyclic) bond motifs is 5. The maximum Gasteiger partial charge on any atom is 0.231 e. The highest BCUT2D eigenvalue weighted by molar-refractivity contribution is 6.30. The molecular weight excluding hydrogens is 422 g/mol. The van der Waals surface area contributed by atoms with E-state index in [-0.39, 0.29) is 5.60 Å². The number of nitrogens with zero attached hydrogens (tertiary/aromatic N) is 5. The first-order valence-corrected chi connectivity index (χ1v) is 11.8. The Labute approximate surface area is 193 Å². The van der Waals surface area contributed by atoms with Gasteiger partial charge in [0.15, 0.2) is 0 Å². The van der Waals surface area contributed by atoms with Crippen LogP contribution in [0.1, 0.15) is 35.4 Å². The smallest absolute Gasteiger partial charge is 0.231 e. The zero-order valence-corrected chi connectivity index (χ0v) is 19.3. The van der Waals surface area contributed by atoms with E-state index in [2.05, 4.69) is 75.1 Å². The van der Waals surface area contributed by atoms with Crippen LogP contribution >= 0.6 is 11.6 Å². The number of anilines is 1. The number of halogens is 1. The molecule has 7 heteroatoms. The molecule has 6 rings (SSSR count). The van der Waals surface area contributed by atoms with Crippen LogP contribution in [0.5, 0.6) is 0 Å². The highest BCUT2D eigenvalue weighted by atomic mass is 35.5. The van der Waals surface area contributed by atoms with E-state index in [1.165, 1.54) is 16.7 Å². The summed E-state index contributed by atoms with van der Waals surface area (Å²) in [5.41, 5.74) is 4.94. The predicted octanol–water partition coefficient (Wildman–Crippen LogP) is 3.98. The number of aromatic nitrogens is 3. The van der Waals surface area contributed by atoms with Gasteiger partial charge in [-0.3, -0.25) is 4.57 Å². The lowest BCUT2D eigenvalue weighted by Crippen LogP contribution is -2.43. The van der Waals surface area contributed by atoms with Gasteiger partial charge < -0.3 is 14.5 Å². The van der Waals surface area contributed by atoms with Crippen LogP contribution in [0.25, 0.3) is 5.69 Å². The van der Waals surface area contributed by atoms with E-state index < -0.39 is 0 Å². The zero-order chi connectivity index (χ0) is 21.9. The third kappa shape index (κ3) is 3.16. The molecule has 3 aliphatic rings. The molecule has 1 spiro atoms. The molecule has 1 saturated heterocycles. The van der Waals surface area contributed by atoms with Gasteiger partial charge in [0.05, 0.1) is 17.9 Å². The molecule has 0 radical (unpaired) electrons. The summed E-state index contributed by atoms with van der Waals surface area (Å²) in [7, 11) is 4.26. The molecule has 1 aromatic heterocycles. The Balaban J connectivity index is 1.34. The summed E-state index contributed by atoms with van der Waals surface area (Å²) in [5.74, 6) is 1.95. The van der Waals surface area contributed by atoms with Crippen molar-refractivity contribution in [1.82, 2.24) is 19.7 Å². The van der Waals surface area contributed by atoms with Gasteiger partial charge in [-0.2, -0.15) is 0 Å². The molecule has 1 unspecified atom stereocenters. The lowest BCUT2D eigenvalue weighted by molar-refractivity contribution is -0.0553. The van der Waals surface area contributed by atoms with Gasteiger partial charge in [-0.25, -0.2) is 0 Å². The van der Waals surface area contributed by atoms with Gasteiger partial charge in [-0.15, -0.1) is 10.2 Å². The highest BCUT2D eigenvalue weighted by Gasteiger charge is 2.43. The Morgan fingerprint density at radius 3 is 2.66 bits per heavy atom. The van der Waals surface area contributed by atoms with Gasteiger partial charge in [-0.05, 0) is 68.2 Å². The van der Waals surface area contributed by atoms with Crippen LogP contribution in [0.15, 0.2) is 42.5 Å². The Morgan fingerprint density at radius 2 is 1.84 bits per heavy atom. The zero-order valence-electron chi connectivity index (χ0n) is 18.6. The summed E-state index contributed by atoms with van der Waals surface area (Å²) in [6, 6.07) is 15.2. The van der Waals surface area contributed by atoms with Gasteiger partial charge >= 0.3 is 0 Å². The lowest BCUT2D eigenvalue weighted by atomic mass is 9.84. The maximum atomic E-state index is 6.38. The van der Waals surface area contributed by atoms with Crippen molar-refractivity contribution in [3.63, 3.8) is 0 Å². The van der Waals surface area contributed by atoms with E-state index >= 15 is 0 Å². The molecule has 1 atom stereocenters. The van der Waals surface area contributed by atoms with E-state index in [1.54, 1.807) is 0 Å². The minimum absolute atomic E-state index is 0.157. The Hall–Kier alpha value is -2.41. The molecule has 6 nitrogen and oxygen atoms in total. The molecule has 4 heterocycles. The van der Waals surface area contributed by atoms with Crippen molar-refractivity contribution >= 4 is 17.5 Å². The van der Waals surface area contributed by atoms with Gasteiger partial charge in [0.25, 0.3) is 0 Å². The number of ether oxygens (including phenoxy) is 1. The summed E-state index contributed by atoms with van der Waals surface area (Å²) in [4.78, 5) is 4.65. The molecular formula is C25H28ClN5O. The molecule has 0 amide bonds. The van der Waals surface area contributed by atoms with Gasteiger partial charge in [0, 0.05) is 30.6 Å². The fourth-order valence-corrected chi connectivity index (χ4v) is 5.79. The van der Waals surface area contributed by atoms with E-state index in [0.29, 0.717) is 6.04 Å². The molecule has 0 N–H and O–H groups in total. The first-order valence-electron chi connectivity index (χ1n) is 11.4. The molecule has 32 heavy (non-hydrogen) atoms. The second kappa shape index (κ2) is 7.58. The second-order valence-electron chi connectivity index (χ2n) is 9.48. The number of benzene rings is 2. The van der Waals surface area contributed by atoms with Crippen LogP contribution < -0.4 is 4.90 Å². The lowest BCUT2D eigenvalue weighted by Gasteiger charge is -2.39. The van der Waals surface area contributed by atoms with Crippen molar-refractivity contribution in [2.45, 2.75) is 43.9 Å². The molecule has 0 bridgehead atoms. The van der Waals surface area contributed by atoms with Crippen LogP contribution in [-0.2, 0) is 29.8 Å². The topological polar surface area (TPSA) is 46.4 Å². The molecule has 3 aliphatic heterocycles. The second-order valence-corrected chi connectivity index (χ2v) is 9.91. The van der Waals surface area contributed by atoms with Crippen molar-refractivity contribution in [2.75, 3.05) is 32.1 Å². The van der Waals surface area contributed by atoms with Crippen molar-refractivity contribution in [3.05, 3.63) is 70.0 Å². The standard InChI is InChI=1S/C25H28ClN5O/c1-29(2)20-14-18-13-19(26)7-8-22(18)31-23(15-20)27-28-24(31)30-11-9-25(10-12-30)21-6-4-3-5-17(21)16-32-25/h3-8,13,20H,9-12,14-16H2,1-2H3. The fourth-order valence-electron chi connectivity index (χ4n) is 5.59. The summed E-state index contributed by atoms with van der Waals surface area (Å²) in [5, 5.41) is 10.1. The largest absolute Gasteiger partial charge is 0.365 e. The number of rotatable bonds is 2. The quantitative estimate of drug-likeness (QED) is 0.592. The molecule has 3 aromatic rings. The molecule has 0 aliphatic carbocycles. The van der Waals surface area contributed by atoms with Gasteiger partial charge in [0.1, 0.15) is 5.82 Å². The van der Waals surface area contributed by atoms with Crippen LogP contribution in [-0.4, -0.2) is 52.9 Å². The van der Waals surface area contributed by atoms with E-state index in [4.69, 9.17) is 16.3 Å². The molecule has 1 fully saturated rings. The number of piperidine rings is 1. The summed E-state index contributed by atoms with van der Waals surface area (Å²) in [6.07, 6.45) is 3.72. The van der Waals surface area contributed by atoms with Crippen LogP contribution in [0.3, 0.4) is 0 Å². The number of hydrogen-bond acceptors (Lipinski definition) is 5. The van der Waals surface area contributed by atoms with Crippen LogP contribution in [0, 0.1) is 0 Å². The average molecular weight is 450 g/mol. The van der Waals surface area contributed by atoms with Crippen molar-refractivity contribution in [3.8, 4) is 5.69 Å². The van der Waals surface area contributed by atoms with Crippen molar-refractivity contribution < 1.29 is 4.74 Å². The Morgan fingerprint density at radius 1 is 1.03 bits per heavy atom. The third-order valence-corrected chi connectivity index (χ3v) is 7.70. The monoisotopic (exact) mass is 449 g/mol.